The van der Waals surface area contributed by atoms with Crippen LogP contribution < -0.4 is 5.32 Å². The number of carbonyl (C=O) groups excluding carboxylic acids is 1. The first-order chi connectivity index (χ1) is 15.1. The molecule has 0 bridgehead atoms. The highest BCUT2D eigenvalue weighted by atomic mass is 32.1. The maximum atomic E-state index is 13.3. The largest absolute Gasteiger partial charge is 0.320 e. The predicted octanol–water partition coefficient (Wildman–Crippen LogP) is 6.18. The summed E-state index contributed by atoms with van der Waals surface area (Å²) in [7, 11) is 0. The van der Waals surface area contributed by atoms with Crippen molar-refractivity contribution in [3.05, 3.63) is 70.4 Å². The zero-order valence-corrected chi connectivity index (χ0v) is 18.6. The molecule has 1 saturated heterocycles. The van der Waals surface area contributed by atoms with Gasteiger partial charge in [0.1, 0.15) is 11.5 Å². The standard InChI is InChI=1S/C25H28FN3OS/c1-2-3-14-29-15-12-19(13-16-29)25-28-23(17-31-25)24(30)27-22-7-5-4-6-21(22)18-8-10-20(26)11-9-18/h4-11,17,19H,2-3,12-16H2,1H3,(H,27,30). The molecule has 1 fully saturated rings. The van der Waals surface area contributed by atoms with Crippen molar-refractivity contribution in [1.29, 1.82) is 0 Å². The summed E-state index contributed by atoms with van der Waals surface area (Å²) in [5, 5.41) is 5.91. The van der Waals surface area contributed by atoms with Crippen LogP contribution in [0.25, 0.3) is 11.1 Å². The number of benzene rings is 2. The summed E-state index contributed by atoms with van der Waals surface area (Å²) >= 11 is 1.58. The van der Waals surface area contributed by atoms with Gasteiger partial charge in [0, 0.05) is 22.5 Å². The summed E-state index contributed by atoms with van der Waals surface area (Å²) < 4.78 is 13.3. The number of carbonyl (C=O) groups is 1. The number of likely N-dealkylation sites (tertiary alicyclic amines) is 1. The van der Waals surface area contributed by atoms with Crippen molar-refractivity contribution < 1.29 is 9.18 Å². The number of nitrogens with zero attached hydrogens (tertiary/aromatic N) is 2. The van der Waals surface area contributed by atoms with Gasteiger partial charge in [-0.15, -0.1) is 11.3 Å². The maximum Gasteiger partial charge on any atom is 0.275 e. The summed E-state index contributed by atoms with van der Waals surface area (Å²) in [6.45, 7) is 5.63. The fourth-order valence-corrected chi connectivity index (χ4v) is 5.00. The minimum absolute atomic E-state index is 0.211. The smallest absolute Gasteiger partial charge is 0.275 e. The van der Waals surface area contributed by atoms with Crippen LogP contribution in [0.3, 0.4) is 0 Å². The van der Waals surface area contributed by atoms with E-state index in [2.05, 4.69) is 22.1 Å². The molecular weight excluding hydrogens is 409 g/mol. The van der Waals surface area contributed by atoms with Gasteiger partial charge in [-0.3, -0.25) is 4.79 Å². The summed E-state index contributed by atoms with van der Waals surface area (Å²) in [4.78, 5) is 20.1. The van der Waals surface area contributed by atoms with Crippen molar-refractivity contribution in [3.8, 4) is 11.1 Å². The van der Waals surface area contributed by atoms with Crippen LogP contribution in [-0.4, -0.2) is 35.4 Å². The van der Waals surface area contributed by atoms with Crippen LogP contribution in [0, 0.1) is 5.82 Å². The molecule has 3 aromatic rings. The van der Waals surface area contributed by atoms with E-state index in [4.69, 9.17) is 0 Å². The van der Waals surface area contributed by atoms with E-state index in [1.54, 1.807) is 23.5 Å². The number of unbranched alkanes of at least 4 members (excludes halogenated alkanes) is 1. The van der Waals surface area contributed by atoms with E-state index in [0.717, 1.165) is 42.1 Å². The lowest BCUT2D eigenvalue weighted by Crippen LogP contribution is -2.33. The molecule has 4 rings (SSSR count). The number of halogens is 1. The number of anilines is 1. The molecule has 162 valence electrons. The first-order valence-electron chi connectivity index (χ1n) is 11.0. The second-order valence-corrected chi connectivity index (χ2v) is 8.94. The monoisotopic (exact) mass is 437 g/mol. The number of rotatable bonds is 7. The first-order valence-corrected chi connectivity index (χ1v) is 11.9. The second-order valence-electron chi connectivity index (χ2n) is 8.05. The molecule has 2 heterocycles. The molecule has 0 aliphatic carbocycles. The molecule has 2 aromatic carbocycles. The van der Waals surface area contributed by atoms with Gasteiger partial charge in [0.25, 0.3) is 5.91 Å². The molecule has 4 nitrogen and oxygen atoms in total. The minimum Gasteiger partial charge on any atom is -0.320 e. The molecule has 0 atom stereocenters. The van der Waals surface area contributed by atoms with E-state index in [9.17, 15) is 9.18 Å². The maximum absolute atomic E-state index is 13.3. The Labute approximate surface area is 187 Å². The van der Waals surface area contributed by atoms with Crippen molar-refractivity contribution >= 4 is 22.9 Å². The summed E-state index contributed by atoms with van der Waals surface area (Å²) in [5.74, 6) is -0.0511. The Morgan fingerprint density at radius 2 is 1.90 bits per heavy atom. The number of piperidine rings is 1. The van der Waals surface area contributed by atoms with Crippen molar-refractivity contribution in [1.82, 2.24) is 9.88 Å². The zero-order chi connectivity index (χ0) is 21.6. The Kier molecular flexibility index (Phi) is 7.10. The number of hydrogen-bond donors (Lipinski definition) is 1. The fraction of sp³-hybridized carbons (Fsp3) is 0.360. The van der Waals surface area contributed by atoms with E-state index in [1.165, 1.54) is 31.5 Å². The molecule has 0 radical (unpaired) electrons. The molecule has 0 saturated carbocycles. The van der Waals surface area contributed by atoms with Gasteiger partial charge < -0.3 is 10.2 Å². The zero-order valence-electron chi connectivity index (χ0n) is 17.8. The summed E-state index contributed by atoms with van der Waals surface area (Å²) in [6, 6.07) is 13.8. The van der Waals surface area contributed by atoms with Crippen molar-refractivity contribution in [3.63, 3.8) is 0 Å². The van der Waals surface area contributed by atoms with Crippen LogP contribution in [0.5, 0.6) is 0 Å². The third kappa shape index (κ3) is 5.38. The van der Waals surface area contributed by atoms with E-state index in [1.807, 2.05) is 29.6 Å². The molecule has 0 unspecified atom stereocenters. The number of amides is 1. The lowest BCUT2D eigenvalue weighted by atomic mass is 9.97. The van der Waals surface area contributed by atoms with E-state index >= 15 is 0 Å². The van der Waals surface area contributed by atoms with Gasteiger partial charge in [-0.1, -0.05) is 43.7 Å². The quantitative estimate of drug-likeness (QED) is 0.480. The summed E-state index contributed by atoms with van der Waals surface area (Å²) in [5.41, 5.74) is 2.86. The topological polar surface area (TPSA) is 45.2 Å². The minimum atomic E-state index is -0.281. The molecule has 6 heteroatoms. The number of thiazole rings is 1. The molecule has 1 N–H and O–H groups in total. The van der Waals surface area contributed by atoms with Crippen molar-refractivity contribution in [2.24, 2.45) is 0 Å². The van der Waals surface area contributed by atoms with Crippen LogP contribution in [-0.2, 0) is 0 Å². The highest BCUT2D eigenvalue weighted by Gasteiger charge is 2.24. The van der Waals surface area contributed by atoms with Crippen molar-refractivity contribution in [2.75, 3.05) is 25.0 Å². The molecule has 1 aliphatic rings. The van der Waals surface area contributed by atoms with Crippen LogP contribution in [0.2, 0.25) is 0 Å². The molecule has 1 amide bonds. The lowest BCUT2D eigenvalue weighted by Gasteiger charge is -2.30. The van der Waals surface area contributed by atoms with Crippen LogP contribution >= 0.6 is 11.3 Å². The normalized spacial score (nSPS) is 15.2. The Hall–Kier alpha value is -2.57. The van der Waals surface area contributed by atoms with E-state index in [0.29, 0.717) is 17.3 Å². The average molecular weight is 438 g/mol. The molecule has 31 heavy (non-hydrogen) atoms. The molecular formula is C25H28FN3OS. The second kappa shape index (κ2) is 10.2. The van der Waals surface area contributed by atoms with Gasteiger partial charge in [-0.05, 0) is 62.7 Å². The van der Waals surface area contributed by atoms with Crippen LogP contribution in [0.15, 0.2) is 53.9 Å². The van der Waals surface area contributed by atoms with Gasteiger partial charge in [0.15, 0.2) is 0 Å². The van der Waals surface area contributed by atoms with Gasteiger partial charge in [0.2, 0.25) is 0 Å². The highest BCUT2D eigenvalue weighted by Crippen LogP contribution is 2.32. The number of para-hydroxylation sites is 1. The van der Waals surface area contributed by atoms with Gasteiger partial charge in [-0.25, -0.2) is 9.37 Å². The van der Waals surface area contributed by atoms with Gasteiger partial charge in [0.05, 0.1) is 5.01 Å². The van der Waals surface area contributed by atoms with Gasteiger partial charge >= 0.3 is 0 Å². The van der Waals surface area contributed by atoms with Crippen molar-refractivity contribution in [2.45, 2.75) is 38.5 Å². The van der Waals surface area contributed by atoms with E-state index in [-0.39, 0.29) is 11.7 Å². The third-order valence-electron chi connectivity index (χ3n) is 5.85. The lowest BCUT2D eigenvalue weighted by molar-refractivity contribution is 0.102. The molecule has 1 aromatic heterocycles. The SMILES string of the molecule is CCCCN1CCC(c2nc(C(=O)Nc3ccccc3-c3ccc(F)cc3)cs2)CC1. The summed E-state index contributed by atoms with van der Waals surface area (Å²) in [6.07, 6.45) is 4.69. The van der Waals surface area contributed by atoms with Gasteiger partial charge in [-0.2, -0.15) is 0 Å². The fourth-order valence-electron chi connectivity index (χ4n) is 4.02. The predicted molar refractivity (Wildman–Crippen MR) is 125 cm³/mol. The Bertz CT molecular complexity index is 1010. The highest BCUT2D eigenvalue weighted by molar-refractivity contribution is 7.10. The Balaban J connectivity index is 1.42. The number of hydrogen-bond acceptors (Lipinski definition) is 4. The molecule has 1 aliphatic heterocycles. The third-order valence-corrected chi connectivity index (χ3v) is 6.86. The molecule has 0 spiro atoms. The van der Waals surface area contributed by atoms with Crippen LogP contribution in [0.1, 0.15) is 54.0 Å². The first kappa shape index (κ1) is 21.7. The van der Waals surface area contributed by atoms with Crippen LogP contribution in [0.4, 0.5) is 10.1 Å². The number of nitrogens with one attached hydrogen (secondary N) is 1. The Morgan fingerprint density at radius 3 is 2.65 bits per heavy atom. The number of aromatic nitrogens is 1. The Morgan fingerprint density at radius 1 is 1.16 bits per heavy atom. The van der Waals surface area contributed by atoms with E-state index < -0.39 is 0 Å². The average Bonchev–Trinajstić information content (AvgIpc) is 3.30.